The summed E-state index contributed by atoms with van der Waals surface area (Å²) in [6.45, 7) is 8.61. The second-order valence-electron chi connectivity index (χ2n) is 12.5. The van der Waals surface area contributed by atoms with Crippen LogP contribution >= 0.6 is 0 Å². The minimum absolute atomic E-state index is 0.0338. The quantitative estimate of drug-likeness (QED) is 0.163. The highest BCUT2D eigenvalue weighted by Crippen LogP contribution is 2.35. The number of fused-ring (bicyclic) bond motifs is 2. The number of aryl methyl sites for hydroxylation is 1. The van der Waals surface area contributed by atoms with Crippen LogP contribution < -0.4 is 15.8 Å². The number of benzene rings is 2. The van der Waals surface area contributed by atoms with Crippen LogP contribution in [-0.4, -0.2) is 28.4 Å². The fourth-order valence-electron chi connectivity index (χ4n) is 6.39. The first kappa shape index (κ1) is 29.3. The molecule has 3 N–H and O–H groups in total. The van der Waals surface area contributed by atoms with Crippen molar-refractivity contribution in [3.63, 3.8) is 0 Å². The number of pyridine rings is 1. The van der Waals surface area contributed by atoms with E-state index < -0.39 is 0 Å². The van der Waals surface area contributed by atoms with Crippen molar-refractivity contribution in [2.24, 2.45) is 11.8 Å². The first-order chi connectivity index (χ1) is 21.1. The summed E-state index contributed by atoms with van der Waals surface area (Å²) in [6, 6.07) is 12.7. The number of aromatic nitrogens is 1. The highest BCUT2D eigenvalue weighted by atomic mass is 16.5. The van der Waals surface area contributed by atoms with E-state index >= 15 is 0 Å². The summed E-state index contributed by atoms with van der Waals surface area (Å²) >= 11 is 0. The van der Waals surface area contributed by atoms with Crippen molar-refractivity contribution in [1.29, 1.82) is 0 Å². The fraction of sp³-hybridized carbons (Fsp3) is 0.297. The number of ether oxygens (including phenoxy) is 1. The van der Waals surface area contributed by atoms with Crippen molar-refractivity contribution in [2.75, 3.05) is 11.1 Å². The first-order valence-electron chi connectivity index (χ1n) is 15.3. The van der Waals surface area contributed by atoms with Gasteiger partial charge in [-0.1, -0.05) is 58.1 Å². The van der Waals surface area contributed by atoms with Crippen LogP contribution in [-0.2, 0) is 12.8 Å². The molecule has 2 aliphatic carbocycles. The Morgan fingerprint density at radius 3 is 2.48 bits per heavy atom. The Morgan fingerprint density at radius 1 is 0.977 bits per heavy atom. The lowest BCUT2D eigenvalue weighted by Crippen LogP contribution is -2.29. The molecule has 3 aromatic rings. The van der Waals surface area contributed by atoms with Gasteiger partial charge in [-0.25, -0.2) is 4.98 Å². The second-order valence-corrected chi connectivity index (χ2v) is 12.5. The van der Waals surface area contributed by atoms with Gasteiger partial charge in [0.25, 0.3) is 0 Å². The van der Waals surface area contributed by atoms with Crippen LogP contribution in [0.5, 0.6) is 5.75 Å². The van der Waals surface area contributed by atoms with E-state index in [4.69, 9.17) is 10.5 Å². The van der Waals surface area contributed by atoms with E-state index in [1.165, 1.54) is 0 Å². The zero-order valence-corrected chi connectivity index (χ0v) is 25.6. The summed E-state index contributed by atoms with van der Waals surface area (Å²) < 4.78 is 6.48. The fourth-order valence-corrected chi connectivity index (χ4v) is 6.39. The molecule has 7 nitrogen and oxygen atoms in total. The average Bonchev–Trinajstić information content (AvgIpc) is 3.62. The average molecular weight is 588 g/mol. The third-order valence-corrected chi connectivity index (χ3v) is 8.51. The summed E-state index contributed by atoms with van der Waals surface area (Å²) in [5.74, 6) is 1.16. The molecule has 0 saturated heterocycles. The number of Topliss-reactive ketones (excluding diaryl/α,β-unsaturated/α-hetero) is 3. The van der Waals surface area contributed by atoms with Crippen molar-refractivity contribution < 1.29 is 19.1 Å². The Labute approximate surface area is 257 Å². The van der Waals surface area contributed by atoms with Gasteiger partial charge in [0.1, 0.15) is 17.7 Å². The van der Waals surface area contributed by atoms with Gasteiger partial charge in [0.2, 0.25) is 0 Å². The minimum Gasteiger partial charge on any atom is -0.490 e. The number of nitrogens with one attached hydrogen (secondary N) is 1. The van der Waals surface area contributed by atoms with Crippen LogP contribution in [0.3, 0.4) is 0 Å². The van der Waals surface area contributed by atoms with Crippen LogP contribution in [0.1, 0.15) is 88.3 Å². The Morgan fingerprint density at radius 2 is 1.75 bits per heavy atom. The number of allylic oxidation sites excluding steroid dienone is 6. The van der Waals surface area contributed by atoms with E-state index in [0.717, 1.165) is 34.4 Å². The van der Waals surface area contributed by atoms with Crippen LogP contribution in [0.15, 0.2) is 78.2 Å². The predicted octanol–water partition coefficient (Wildman–Crippen LogP) is 7.18. The molecule has 0 bridgehead atoms. The number of anilines is 2. The summed E-state index contributed by atoms with van der Waals surface area (Å²) in [6.07, 6.45) is 10.1. The van der Waals surface area contributed by atoms with Gasteiger partial charge in [-0.2, -0.15) is 0 Å². The summed E-state index contributed by atoms with van der Waals surface area (Å²) in [7, 11) is 0. The van der Waals surface area contributed by atoms with E-state index in [0.29, 0.717) is 53.0 Å². The van der Waals surface area contributed by atoms with Crippen LogP contribution in [0.4, 0.5) is 11.5 Å². The molecule has 0 saturated carbocycles. The topological polar surface area (TPSA) is 111 Å². The lowest BCUT2D eigenvalue weighted by molar-refractivity contribution is 0.0979. The molecule has 0 radical (unpaired) electrons. The molecule has 0 fully saturated rings. The van der Waals surface area contributed by atoms with Crippen LogP contribution in [0.2, 0.25) is 0 Å². The number of carbonyl (C=O) groups excluding carboxylic acids is 3. The number of nitrogens with two attached hydrogens (primary N) is 1. The van der Waals surface area contributed by atoms with Crippen LogP contribution in [0, 0.1) is 11.8 Å². The molecule has 0 spiro atoms. The van der Waals surface area contributed by atoms with Gasteiger partial charge < -0.3 is 15.8 Å². The molecule has 44 heavy (non-hydrogen) atoms. The molecule has 224 valence electrons. The number of rotatable bonds is 8. The van der Waals surface area contributed by atoms with Gasteiger partial charge in [-0.3, -0.25) is 14.4 Å². The number of hydrogen-bond acceptors (Lipinski definition) is 7. The van der Waals surface area contributed by atoms with Crippen molar-refractivity contribution in [3.8, 4) is 5.75 Å². The molecule has 0 amide bonds. The van der Waals surface area contributed by atoms with Gasteiger partial charge in [0, 0.05) is 28.8 Å². The molecular weight excluding hydrogens is 550 g/mol. The molecule has 0 atom stereocenters. The third kappa shape index (κ3) is 5.62. The second kappa shape index (κ2) is 11.7. The predicted molar refractivity (Wildman–Crippen MR) is 173 cm³/mol. The normalized spacial score (nSPS) is 17.3. The largest absolute Gasteiger partial charge is 0.490 e. The Balaban J connectivity index is 1.27. The van der Waals surface area contributed by atoms with Crippen LogP contribution in [0.25, 0.3) is 5.57 Å². The minimum atomic E-state index is -0.368. The lowest BCUT2D eigenvalue weighted by atomic mass is 9.95. The molecule has 2 aromatic carbocycles. The standard InChI is InChI=1S/C37H37N3O4/c1-20(2)36(21(3)4)44-28-14-22(13-26(17-28)23-7-5-6-8-23)15-32(41)24-9-11-29-30(18-24)35(43)33(34(29)42)31-12-10-25-16-27(38)19-39-37(25)40-31/h5,7-9,11,13-14,16-21,36H,6,10,12,15,38H2,1-4H3,(H,39,40)/b33-31+. The highest BCUT2D eigenvalue weighted by Gasteiger charge is 2.37. The molecule has 6 rings (SSSR count). The zero-order valence-electron chi connectivity index (χ0n) is 25.6. The van der Waals surface area contributed by atoms with Crippen molar-refractivity contribution in [3.05, 3.63) is 112 Å². The molecule has 0 unspecified atom stereocenters. The number of hydrogen-bond donors (Lipinski definition) is 2. The number of nitrogen functional groups attached to an aromatic ring is 1. The lowest BCUT2D eigenvalue weighted by Gasteiger charge is -2.26. The van der Waals surface area contributed by atoms with Crippen molar-refractivity contribution in [1.82, 2.24) is 4.98 Å². The SMILES string of the molecule is CC(C)C(Oc1cc(CC(=O)c2ccc3c(c2)C(=O)/C(=C2\CCc4cc(N)cnc4N2)C3=O)cc(C2=CCC=C2)c1)C(C)C. The number of ketones is 3. The van der Waals surface area contributed by atoms with E-state index in [2.05, 4.69) is 56.2 Å². The molecule has 1 aromatic heterocycles. The number of nitrogens with zero attached hydrogens (tertiary/aromatic N) is 1. The van der Waals surface area contributed by atoms with Gasteiger partial charge in [-0.05, 0) is 83.7 Å². The summed E-state index contributed by atoms with van der Waals surface area (Å²) in [5, 5.41) is 3.18. The van der Waals surface area contributed by atoms with Gasteiger partial charge in [0.05, 0.1) is 17.5 Å². The Hall–Kier alpha value is -4.78. The van der Waals surface area contributed by atoms with Crippen molar-refractivity contribution >= 4 is 34.4 Å². The van der Waals surface area contributed by atoms with Gasteiger partial charge >= 0.3 is 0 Å². The highest BCUT2D eigenvalue weighted by molar-refractivity contribution is 6.40. The molecule has 1 aliphatic heterocycles. The van der Waals surface area contributed by atoms with E-state index in [-0.39, 0.29) is 41.0 Å². The summed E-state index contributed by atoms with van der Waals surface area (Å²) in [5.41, 5.74) is 12.0. The monoisotopic (exact) mass is 587 g/mol. The molecular formula is C37H37N3O4. The maximum atomic E-state index is 13.6. The zero-order chi connectivity index (χ0) is 31.1. The van der Waals surface area contributed by atoms with E-state index in [9.17, 15) is 14.4 Å². The maximum absolute atomic E-state index is 13.6. The molecule has 3 aliphatic rings. The third-order valence-electron chi connectivity index (χ3n) is 8.51. The molecule has 2 heterocycles. The van der Waals surface area contributed by atoms with Gasteiger partial charge in [0.15, 0.2) is 17.3 Å². The van der Waals surface area contributed by atoms with Crippen molar-refractivity contribution in [2.45, 2.75) is 59.5 Å². The summed E-state index contributed by atoms with van der Waals surface area (Å²) in [4.78, 5) is 44.9. The van der Waals surface area contributed by atoms with Gasteiger partial charge in [-0.15, -0.1) is 0 Å². The van der Waals surface area contributed by atoms with E-state index in [1.807, 2.05) is 24.3 Å². The van der Waals surface area contributed by atoms with E-state index in [1.54, 1.807) is 24.4 Å². The molecule has 7 heteroatoms. The maximum Gasteiger partial charge on any atom is 0.199 e. The Bertz CT molecular complexity index is 1790. The Kier molecular flexibility index (Phi) is 7.80. The smallest absolute Gasteiger partial charge is 0.199 e. The first-order valence-corrected chi connectivity index (χ1v) is 15.3. The number of carbonyl (C=O) groups is 3.